The second kappa shape index (κ2) is 11.0. The Morgan fingerprint density at radius 1 is 0.951 bits per heavy atom. The zero-order valence-corrected chi connectivity index (χ0v) is 23.0. The smallest absolute Gasteiger partial charge is 0.337 e. The van der Waals surface area contributed by atoms with Crippen LogP contribution in [0.15, 0.2) is 66.7 Å². The Morgan fingerprint density at radius 3 is 2.51 bits per heavy atom. The Kier molecular flexibility index (Phi) is 7.21. The third-order valence-electron chi connectivity index (χ3n) is 7.72. The van der Waals surface area contributed by atoms with Crippen molar-refractivity contribution in [2.45, 2.75) is 38.3 Å². The van der Waals surface area contributed by atoms with Crippen LogP contribution in [0.1, 0.15) is 28.0 Å². The number of benzene rings is 3. The van der Waals surface area contributed by atoms with Crippen LogP contribution in [0.2, 0.25) is 0 Å². The molecule has 2 heterocycles. The predicted octanol–water partition coefficient (Wildman–Crippen LogP) is 6.29. The van der Waals surface area contributed by atoms with Crippen LogP contribution < -0.4 is 4.74 Å². The first-order chi connectivity index (χ1) is 19.9. The van der Waals surface area contributed by atoms with E-state index < -0.39 is 11.9 Å². The van der Waals surface area contributed by atoms with E-state index in [9.17, 15) is 13.6 Å². The summed E-state index contributed by atoms with van der Waals surface area (Å²) in [6, 6.07) is 20.8. The fourth-order valence-corrected chi connectivity index (χ4v) is 5.78. The van der Waals surface area contributed by atoms with Gasteiger partial charge in [0.15, 0.2) is 0 Å². The number of aromatic nitrogens is 3. The maximum Gasteiger partial charge on any atom is 0.337 e. The van der Waals surface area contributed by atoms with E-state index >= 15 is 0 Å². The van der Waals surface area contributed by atoms with E-state index in [2.05, 4.69) is 4.57 Å². The van der Waals surface area contributed by atoms with E-state index in [0.717, 1.165) is 33.4 Å². The molecule has 2 aromatic heterocycles. The van der Waals surface area contributed by atoms with Gasteiger partial charge in [0.1, 0.15) is 18.2 Å². The molecule has 1 aliphatic carbocycles. The van der Waals surface area contributed by atoms with Crippen molar-refractivity contribution >= 4 is 27.9 Å². The molecule has 6 rings (SSSR count). The minimum Gasteiger partial charge on any atom is -0.492 e. The van der Waals surface area contributed by atoms with Crippen LogP contribution in [-0.2, 0) is 35.4 Å². The topological polar surface area (TPSA) is 67.5 Å². The maximum absolute atomic E-state index is 14.7. The highest BCUT2D eigenvalue weighted by Gasteiger charge is 2.37. The number of rotatable bonds is 9. The highest BCUT2D eigenvalue weighted by Crippen LogP contribution is 2.40. The first-order valence-electron chi connectivity index (χ1n) is 13.7. The van der Waals surface area contributed by atoms with Crippen LogP contribution >= 0.6 is 0 Å². The van der Waals surface area contributed by atoms with Crippen LogP contribution in [0.3, 0.4) is 0 Å². The zero-order chi connectivity index (χ0) is 28.6. The maximum atomic E-state index is 14.7. The Bertz CT molecular complexity index is 1730. The molecule has 0 spiro atoms. The number of alkyl halides is 2. The van der Waals surface area contributed by atoms with Gasteiger partial charge in [-0.15, -0.1) is 0 Å². The number of halogens is 2. The van der Waals surface area contributed by atoms with Crippen molar-refractivity contribution in [1.29, 1.82) is 0 Å². The number of para-hydroxylation sites is 1. The van der Waals surface area contributed by atoms with Gasteiger partial charge in [-0.25, -0.2) is 18.6 Å². The van der Waals surface area contributed by atoms with Crippen LogP contribution in [0.5, 0.6) is 5.75 Å². The summed E-state index contributed by atoms with van der Waals surface area (Å²) in [6.07, 6.45) is -0.157. The number of carbonyl (C=O) groups is 1. The number of fused-ring (bicyclic) bond motifs is 4. The standard InChI is InChI=1S/C32H31F2N3O4/c1-39-16-14-37-29-11-9-22(31(38)40-2)19-26(29)35-30(37)21-8-10-27-24(18-21)25-20-32(33,34)13-12-28(25)36(27)15-17-41-23-6-4-3-5-7-23/h3-11,18-19H,12-17,20H2,1-2H3. The van der Waals surface area contributed by atoms with Gasteiger partial charge in [-0.2, -0.15) is 0 Å². The molecule has 0 aliphatic heterocycles. The molecule has 0 unspecified atom stereocenters. The van der Waals surface area contributed by atoms with Crippen LogP contribution in [0.4, 0.5) is 8.78 Å². The van der Waals surface area contributed by atoms with Gasteiger partial charge in [0.2, 0.25) is 0 Å². The number of imidazole rings is 1. The Balaban J connectivity index is 1.43. The summed E-state index contributed by atoms with van der Waals surface area (Å²) >= 11 is 0. The lowest BCUT2D eigenvalue weighted by atomic mass is 9.92. The van der Waals surface area contributed by atoms with Crippen molar-refractivity contribution in [2.75, 3.05) is 27.4 Å². The predicted molar refractivity (Wildman–Crippen MR) is 153 cm³/mol. The first-order valence-corrected chi connectivity index (χ1v) is 13.7. The lowest BCUT2D eigenvalue weighted by Crippen LogP contribution is -2.27. The molecule has 0 atom stereocenters. The van der Waals surface area contributed by atoms with Crippen LogP contribution in [0.25, 0.3) is 33.3 Å². The highest BCUT2D eigenvalue weighted by molar-refractivity contribution is 5.95. The molecular weight excluding hydrogens is 528 g/mol. The van der Waals surface area contributed by atoms with Crippen molar-refractivity contribution in [1.82, 2.24) is 14.1 Å². The number of nitrogens with zero attached hydrogens (tertiary/aromatic N) is 3. The normalized spacial score (nSPS) is 14.3. The average molecular weight is 560 g/mol. The summed E-state index contributed by atoms with van der Waals surface area (Å²) < 4.78 is 49.7. The van der Waals surface area contributed by atoms with Gasteiger partial charge in [-0.3, -0.25) is 0 Å². The van der Waals surface area contributed by atoms with Crippen LogP contribution in [-0.4, -0.2) is 53.4 Å². The highest BCUT2D eigenvalue weighted by atomic mass is 19.3. The van der Waals surface area contributed by atoms with Gasteiger partial charge in [0.05, 0.1) is 36.9 Å². The molecule has 7 nitrogen and oxygen atoms in total. The Morgan fingerprint density at radius 2 is 1.73 bits per heavy atom. The van der Waals surface area contributed by atoms with E-state index in [1.54, 1.807) is 19.2 Å². The molecule has 0 bridgehead atoms. The molecule has 0 fully saturated rings. The van der Waals surface area contributed by atoms with E-state index in [1.807, 2.05) is 59.2 Å². The van der Waals surface area contributed by atoms with Crippen molar-refractivity contribution in [3.05, 3.63) is 83.6 Å². The second-order valence-electron chi connectivity index (χ2n) is 10.3. The SMILES string of the molecule is COCCn1c(-c2ccc3c(c2)c2c(n3CCOc3ccccc3)CCC(F)(F)C2)nc2cc(C(=O)OC)ccc21. The Labute approximate surface area is 236 Å². The number of methoxy groups -OCH3 is 2. The molecule has 212 valence electrons. The first kappa shape index (κ1) is 27.0. The summed E-state index contributed by atoms with van der Waals surface area (Å²) in [5, 5.41) is 0.803. The average Bonchev–Trinajstić information content (AvgIpc) is 3.49. The van der Waals surface area contributed by atoms with Gasteiger partial charge < -0.3 is 23.3 Å². The molecular formula is C32H31F2N3O4. The third kappa shape index (κ3) is 5.17. The lowest BCUT2D eigenvalue weighted by molar-refractivity contribution is -0.0126. The van der Waals surface area contributed by atoms with Gasteiger partial charge in [0.25, 0.3) is 5.92 Å². The summed E-state index contributed by atoms with van der Waals surface area (Å²) in [5.41, 5.74) is 5.22. The minimum atomic E-state index is -2.75. The fraction of sp³-hybridized carbons (Fsp3) is 0.312. The minimum absolute atomic E-state index is 0.169. The number of ether oxygens (including phenoxy) is 3. The van der Waals surface area contributed by atoms with Gasteiger partial charge >= 0.3 is 5.97 Å². The molecule has 0 amide bonds. The quantitative estimate of drug-likeness (QED) is 0.199. The molecule has 9 heteroatoms. The van der Waals surface area contributed by atoms with E-state index in [4.69, 9.17) is 19.2 Å². The molecule has 5 aromatic rings. The molecule has 0 radical (unpaired) electrons. The van der Waals surface area contributed by atoms with E-state index in [0.29, 0.717) is 55.2 Å². The van der Waals surface area contributed by atoms with Crippen molar-refractivity contribution in [3.8, 4) is 17.1 Å². The van der Waals surface area contributed by atoms with Crippen molar-refractivity contribution < 1.29 is 27.8 Å². The molecule has 0 saturated carbocycles. The van der Waals surface area contributed by atoms with E-state index in [1.165, 1.54) is 7.11 Å². The molecule has 0 saturated heterocycles. The summed E-state index contributed by atoms with van der Waals surface area (Å²) in [5.74, 6) is -1.74. The molecule has 0 N–H and O–H groups in total. The lowest BCUT2D eigenvalue weighted by Gasteiger charge is -2.23. The number of esters is 1. The van der Waals surface area contributed by atoms with Gasteiger partial charge in [0, 0.05) is 48.7 Å². The van der Waals surface area contributed by atoms with Crippen molar-refractivity contribution in [3.63, 3.8) is 0 Å². The monoisotopic (exact) mass is 559 g/mol. The summed E-state index contributed by atoms with van der Waals surface area (Å²) in [4.78, 5) is 17.0. The van der Waals surface area contributed by atoms with E-state index in [-0.39, 0.29) is 12.8 Å². The summed E-state index contributed by atoms with van der Waals surface area (Å²) in [7, 11) is 2.98. The number of hydrogen-bond donors (Lipinski definition) is 0. The van der Waals surface area contributed by atoms with Crippen molar-refractivity contribution in [2.24, 2.45) is 0 Å². The van der Waals surface area contributed by atoms with Crippen LogP contribution in [0, 0.1) is 0 Å². The largest absolute Gasteiger partial charge is 0.492 e. The number of hydrogen-bond acceptors (Lipinski definition) is 5. The fourth-order valence-electron chi connectivity index (χ4n) is 5.78. The Hall–Kier alpha value is -4.24. The van der Waals surface area contributed by atoms with Gasteiger partial charge in [-0.05, 0) is 60.5 Å². The second-order valence-corrected chi connectivity index (χ2v) is 10.3. The third-order valence-corrected chi connectivity index (χ3v) is 7.72. The number of carbonyl (C=O) groups excluding carboxylic acids is 1. The molecule has 1 aliphatic rings. The van der Waals surface area contributed by atoms with Gasteiger partial charge in [-0.1, -0.05) is 18.2 Å². The zero-order valence-electron chi connectivity index (χ0n) is 23.0. The molecule has 3 aromatic carbocycles. The molecule has 41 heavy (non-hydrogen) atoms. The summed E-state index contributed by atoms with van der Waals surface area (Å²) in [6.45, 7) is 1.97.